The molecule has 0 radical (unpaired) electrons. The molecule has 1 aromatic rings. The topological polar surface area (TPSA) is 50.1 Å². The van der Waals surface area contributed by atoms with Crippen molar-refractivity contribution in [2.24, 2.45) is 0 Å². The normalized spacial score (nSPS) is 9.56. The standard InChI is InChI=1S/C11H9ClFNO2/c12-9-3-1-4-10(13)8(9)7-16-11(15)5-2-6-14/h1,3-4H,2,5,7H2. The molecule has 0 atom stereocenters. The summed E-state index contributed by atoms with van der Waals surface area (Å²) in [4.78, 5) is 11.1. The van der Waals surface area contributed by atoms with E-state index in [1.165, 1.54) is 18.2 Å². The summed E-state index contributed by atoms with van der Waals surface area (Å²) >= 11 is 5.73. The van der Waals surface area contributed by atoms with Crippen LogP contribution in [0.2, 0.25) is 5.02 Å². The van der Waals surface area contributed by atoms with Gasteiger partial charge in [0.25, 0.3) is 0 Å². The summed E-state index contributed by atoms with van der Waals surface area (Å²) in [5.41, 5.74) is 0.148. The minimum Gasteiger partial charge on any atom is -0.461 e. The van der Waals surface area contributed by atoms with E-state index in [1.807, 2.05) is 6.07 Å². The summed E-state index contributed by atoms with van der Waals surface area (Å²) in [5.74, 6) is -1.05. The van der Waals surface area contributed by atoms with Crippen molar-refractivity contribution in [1.82, 2.24) is 0 Å². The summed E-state index contributed by atoms with van der Waals surface area (Å²) in [6.07, 6.45) is 0.0897. The quantitative estimate of drug-likeness (QED) is 0.762. The van der Waals surface area contributed by atoms with Gasteiger partial charge in [-0.3, -0.25) is 4.79 Å². The Labute approximate surface area is 97.4 Å². The van der Waals surface area contributed by atoms with E-state index in [1.54, 1.807) is 0 Å². The van der Waals surface area contributed by atoms with Crippen LogP contribution in [0.1, 0.15) is 18.4 Å². The molecule has 0 aromatic heterocycles. The van der Waals surface area contributed by atoms with Crippen LogP contribution >= 0.6 is 11.6 Å². The van der Waals surface area contributed by atoms with E-state index < -0.39 is 11.8 Å². The Balaban J connectivity index is 2.55. The summed E-state index contributed by atoms with van der Waals surface area (Å²) in [6.45, 7) is -0.213. The molecule has 0 aliphatic carbocycles. The Morgan fingerprint density at radius 1 is 1.56 bits per heavy atom. The van der Waals surface area contributed by atoms with E-state index in [0.29, 0.717) is 0 Å². The van der Waals surface area contributed by atoms with E-state index in [9.17, 15) is 9.18 Å². The summed E-state index contributed by atoms with van der Waals surface area (Å²) in [5, 5.41) is 8.47. The van der Waals surface area contributed by atoms with E-state index in [2.05, 4.69) is 0 Å². The van der Waals surface area contributed by atoms with Gasteiger partial charge < -0.3 is 4.74 Å². The fourth-order valence-electron chi connectivity index (χ4n) is 1.05. The van der Waals surface area contributed by atoms with Crippen molar-refractivity contribution in [2.45, 2.75) is 19.4 Å². The lowest BCUT2D eigenvalue weighted by atomic mass is 10.2. The molecule has 0 N–H and O–H groups in total. The van der Waals surface area contributed by atoms with Gasteiger partial charge in [-0.2, -0.15) is 5.26 Å². The third kappa shape index (κ3) is 3.52. The number of carbonyl (C=O) groups is 1. The molecule has 5 heteroatoms. The first-order valence-corrected chi connectivity index (χ1v) is 4.98. The monoisotopic (exact) mass is 241 g/mol. The molecule has 84 valence electrons. The minimum absolute atomic E-state index is 0.00255. The SMILES string of the molecule is N#CCCC(=O)OCc1c(F)cccc1Cl. The second kappa shape index (κ2) is 6.09. The summed E-state index contributed by atoms with van der Waals surface area (Å²) in [7, 11) is 0. The first-order valence-electron chi connectivity index (χ1n) is 4.60. The number of hydrogen-bond donors (Lipinski definition) is 0. The number of ether oxygens (including phenoxy) is 1. The highest BCUT2D eigenvalue weighted by atomic mass is 35.5. The first kappa shape index (κ1) is 12.5. The van der Waals surface area contributed by atoms with Gasteiger partial charge in [0.15, 0.2) is 0 Å². The fraction of sp³-hybridized carbons (Fsp3) is 0.273. The zero-order valence-corrected chi connectivity index (χ0v) is 9.13. The minimum atomic E-state index is -0.541. The van der Waals surface area contributed by atoms with Crippen molar-refractivity contribution in [3.05, 3.63) is 34.6 Å². The maximum Gasteiger partial charge on any atom is 0.307 e. The molecule has 0 aliphatic rings. The Kier molecular flexibility index (Phi) is 4.74. The zero-order chi connectivity index (χ0) is 12.0. The van der Waals surface area contributed by atoms with Gasteiger partial charge in [-0.05, 0) is 12.1 Å². The van der Waals surface area contributed by atoms with Crippen LogP contribution < -0.4 is 0 Å². The Morgan fingerprint density at radius 2 is 2.31 bits per heavy atom. The lowest BCUT2D eigenvalue weighted by Crippen LogP contribution is -2.05. The van der Waals surface area contributed by atoms with Crippen LogP contribution in [-0.2, 0) is 16.1 Å². The highest BCUT2D eigenvalue weighted by molar-refractivity contribution is 6.31. The van der Waals surface area contributed by atoms with Gasteiger partial charge in [-0.1, -0.05) is 17.7 Å². The lowest BCUT2D eigenvalue weighted by Gasteiger charge is -2.06. The number of esters is 1. The number of rotatable bonds is 4. The molecule has 0 aliphatic heterocycles. The second-order valence-electron chi connectivity index (χ2n) is 3.02. The molecule has 0 bridgehead atoms. The van der Waals surface area contributed by atoms with Crippen LogP contribution in [0.3, 0.4) is 0 Å². The average molecular weight is 242 g/mol. The van der Waals surface area contributed by atoms with Crippen LogP contribution in [0.25, 0.3) is 0 Å². The Bertz CT molecular complexity index is 408. The summed E-state index contributed by atoms with van der Waals surface area (Å²) in [6, 6.07) is 6.05. The van der Waals surface area contributed by atoms with Crippen LogP contribution in [0.15, 0.2) is 18.2 Å². The fourth-order valence-corrected chi connectivity index (χ4v) is 1.27. The lowest BCUT2D eigenvalue weighted by molar-refractivity contribution is -0.144. The van der Waals surface area contributed by atoms with Crippen LogP contribution in [0.5, 0.6) is 0 Å². The number of nitriles is 1. The third-order valence-electron chi connectivity index (χ3n) is 1.88. The number of benzene rings is 1. The predicted molar refractivity (Wildman–Crippen MR) is 56.1 cm³/mol. The molecule has 0 spiro atoms. The molecule has 0 saturated carbocycles. The third-order valence-corrected chi connectivity index (χ3v) is 2.23. The smallest absolute Gasteiger partial charge is 0.307 e. The highest BCUT2D eigenvalue weighted by Crippen LogP contribution is 2.19. The maximum atomic E-state index is 13.2. The van der Waals surface area contributed by atoms with Crippen molar-refractivity contribution in [3.63, 3.8) is 0 Å². The van der Waals surface area contributed by atoms with Crippen LogP contribution in [0, 0.1) is 17.1 Å². The maximum absolute atomic E-state index is 13.2. The molecular weight excluding hydrogens is 233 g/mol. The molecule has 16 heavy (non-hydrogen) atoms. The van der Waals surface area contributed by atoms with Crippen molar-refractivity contribution < 1.29 is 13.9 Å². The molecular formula is C11H9ClFNO2. The molecule has 0 fully saturated rings. The Morgan fingerprint density at radius 3 is 2.94 bits per heavy atom. The van der Waals surface area contributed by atoms with Gasteiger partial charge in [0, 0.05) is 12.0 Å². The van der Waals surface area contributed by atoms with Gasteiger partial charge in [-0.25, -0.2) is 4.39 Å². The largest absolute Gasteiger partial charge is 0.461 e. The predicted octanol–water partition coefficient (Wildman–Crippen LogP) is 2.83. The number of halogens is 2. The van der Waals surface area contributed by atoms with E-state index in [4.69, 9.17) is 21.6 Å². The second-order valence-corrected chi connectivity index (χ2v) is 3.43. The van der Waals surface area contributed by atoms with Crippen molar-refractivity contribution in [1.29, 1.82) is 5.26 Å². The molecule has 1 rings (SSSR count). The molecule has 0 amide bonds. The summed E-state index contributed by atoms with van der Waals surface area (Å²) < 4.78 is 18.0. The molecule has 3 nitrogen and oxygen atoms in total. The zero-order valence-electron chi connectivity index (χ0n) is 8.37. The Hall–Kier alpha value is -1.60. The van der Waals surface area contributed by atoms with Gasteiger partial charge in [0.2, 0.25) is 0 Å². The van der Waals surface area contributed by atoms with Crippen molar-refractivity contribution in [2.75, 3.05) is 0 Å². The molecule has 0 saturated heterocycles. The number of hydrogen-bond acceptors (Lipinski definition) is 3. The number of nitrogens with zero attached hydrogens (tertiary/aromatic N) is 1. The number of carbonyl (C=O) groups excluding carboxylic acids is 1. The van der Waals surface area contributed by atoms with E-state index in [-0.39, 0.29) is 30.0 Å². The molecule has 0 unspecified atom stereocenters. The molecule has 0 heterocycles. The average Bonchev–Trinajstić information content (AvgIpc) is 2.25. The van der Waals surface area contributed by atoms with Gasteiger partial charge in [0.05, 0.1) is 17.5 Å². The van der Waals surface area contributed by atoms with Gasteiger partial charge in [-0.15, -0.1) is 0 Å². The van der Waals surface area contributed by atoms with Crippen molar-refractivity contribution >= 4 is 17.6 Å². The van der Waals surface area contributed by atoms with Gasteiger partial charge in [0.1, 0.15) is 12.4 Å². The highest BCUT2D eigenvalue weighted by Gasteiger charge is 2.09. The van der Waals surface area contributed by atoms with E-state index >= 15 is 0 Å². The molecule has 1 aromatic carbocycles. The van der Waals surface area contributed by atoms with Crippen molar-refractivity contribution in [3.8, 4) is 6.07 Å². The van der Waals surface area contributed by atoms with Gasteiger partial charge >= 0.3 is 5.97 Å². The van der Waals surface area contributed by atoms with Crippen LogP contribution in [0.4, 0.5) is 4.39 Å². The van der Waals surface area contributed by atoms with E-state index in [0.717, 1.165) is 0 Å². The van der Waals surface area contributed by atoms with Crippen LogP contribution in [-0.4, -0.2) is 5.97 Å². The first-order chi connectivity index (χ1) is 7.65.